The van der Waals surface area contributed by atoms with Crippen molar-refractivity contribution in [3.05, 3.63) is 72.9 Å². The van der Waals surface area contributed by atoms with Crippen molar-refractivity contribution in [2.45, 2.75) is 251 Å². The number of esters is 1. The van der Waals surface area contributed by atoms with Crippen molar-refractivity contribution < 1.29 is 37.3 Å². The van der Waals surface area contributed by atoms with Crippen molar-refractivity contribution >= 4 is 19.7 Å². The molecule has 0 heterocycles. The zero-order valence-electron chi connectivity index (χ0n) is 45.5. The Hall–Kier alpha value is -2.55. The van der Waals surface area contributed by atoms with Gasteiger partial charge in [-0.15, -0.1) is 0 Å². The predicted molar refractivity (Wildman–Crippen MR) is 295 cm³/mol. The topological polar surface area (TPSA) is 111 Å². The normalized spacial score (nSPS) is 14.4. The van der Waals surface area contributed by atoms with Gasteiger partial charge in [0, 0.05) is 12.8 Å². The molecular formula is C59H108N2O7P+. The summed E-state index contributed by atoms with van der Waals surface area (Å²) >= 11 is 0. The number of carbonyl (C=O) groups excluding carboxylic acids is 2. The van der Waals surface area contributed by atoms with Gasteiger partial charge in [-0.1, -0.05) is 216 Å². The van der Waals surface area contributed by atoms with E-state index in [0.717, 1.165) is 96.3 Å². The van der Waals surface area contributed by atoms with Gasteiger partial charge in [0.15, 0.2) is 0 Å². The number of unbranched alkanes of at least 4 members (excludes halogenated alkanes) is 26. The standard InChI is InChI=1S/C59H107N2O7P/c1-7-10-13-16-19-22-25-27-29-30-32-33-36-39-42-45-48-51-58(62)60-56(55-67-69(64,65)66-54-53-61(4,5)6)57(50-47-44-41-38-35-24-21-18-15-12-9-3)68-59(63)52-49-46-43-40-37-34-31-28-26-23-20-17-14-11-8-2/h11,14,17,19-20,22-23,26-27,29,47,50,56-57H,7-10,12-13,15-16,18,21,24-25,28,30-46,48-49,51-55H2,1-6H3,(H-,60,62,64,65)/p+1/b14-11+,20-17+,22-19-,26-23+,29-27-,50-47+. The summed E-state index contributed by atoms with van der Waals surface area (Å²) in [5, 5.41) is 3.04. The molecule has 0 aliphatic rings. The molecular weight excluding hydrogens is 880 g/mol. The number of ether oxygens (including phenoxy) is 1. The third-order valence-electron chi connectivity index (χ3n) is 12.2. The molecule has 0 saturated carbocycles. The Kier molecular flexibility index (Phi) is 47.2. The molecule has 0 rings (SSSR count). The molecule has 0 saturated heterocycles. The molecule has 0 aromatic rings. The highest BCUT2D eigenvalue weighted by Gasteiger charge is 2.30. The van der Waals surface area contributed by atoms with Crippen molar-refractivity contribution in [1.82, 2.24) is 5.32 Å². The molecule has 0 aliphatic carbocycles. The van der Waals surface area contributed by atoms with Crippen LogP contribution in [0.3, 0.4) is 0 Å². The monoisotopic (exact) mass is 988 g/mol. The molecule has 0 fully saturated rings. The van der Waals surface area contributed by atoms with Gasteiger partial charge in [-0.25, -0.2) is 4.57 Å². The van der Waals surface area contributed by atoms with Crippen LogP contribution in [-0.4, -0.2) is 74.3 Å². The predicted octanol–water partition coefficient (Wildman–Crippen LogP) is 16.9. The lowest BCUT2D eigenvalue weighted by molar-refractivity contribution is -0.870. The lowest BCUT2D eigenvalue weighted by atomic mass is 10.1. The van der Waals surface area contributed by atoms with Gasteiger partial charge in [-0.2, -0.15) is 0 Å². The molecule has 0 bridgehead atoms. The Bertz CT molecular complexity index is 1420. The maximum Gasteiger partial charge on any atom is 0.472 e. The summed E-state index contributed by atoms with van der Waals surface area (Å²) in [4.78, 5) is 37.5. The summed E-state index contributed by atoms with van der Waals surface area (Å²) < 4.78 is 30.6. The highest BCUT2D eigenvalue weighted by molar-refractivity contribution is 7.47. The molecule has 3 unspecified atom stereocenters. The average Bonchev–Trinajstić information content (AvgIpc) is 3.31. The summed E-state index contributed by atoms with van der Waals surface area (Å²) in [5.74, 6) is -0.531. The highest BCUT2D eigenvalue weighted by atomic mass is 31.2. The van der Waals surface area contributed by atoms with Crippen LogP contribution in [0.15, 0.2) is 72.9 Å². The quantitative estimate of drug-likeness (QED) is 0.0156. The van der Waals surface area contributed by atoms with Crippen LogP contribution < -0.4 is 5.32 Å². The van der Waals surface area contributed by atoms with Crippen LogP contribution in [0.4, 0.5) is 0 Å². The first-order chi connectivity index (χ1) is 33.4. The molecule has 9 nitrogen and oxygen atoms in total. The second-order valence-electron chi connectivity index (χ2n) is 20.1. The SMILES string of the molecule is CC/C=C/C=C/C=C/CCCCCCCCCC(=O)OC(/C=C/CCCCCCCCCCC)C(COP(=O)(O)OCC[N+](C)(C)C)NC(=O)CCCCCCCCC/C=C\C/C=C\CCCCC. The molecule has 3 atom stereocenters. The molecule has 0 aromatic carbocycles. The van der Waals surface area contributed by atoms with E-state index in [1.165, 1.54) is 109 Å². The van der Waals surface area contributed by atoms with E-state index in [2.05, 4.69) is 86.8 Å². The molecule has 400 valence electrons. The van der Waals surface area contributed by atoms with Crippen LogP contribution in [0.5, 0.6) is 0 Å². The Balaban J connectivity index is 5.35. The first-order valence-electron chi connectivity index (χ1n) is 28.3. The minimum atomic E-state index is -4.45. The molecule has 0 spiro atoms. The van der Waals surface area contributed by atoms with Gasteiger partial charge in [0.2, 0.25) is 5.91 Å². The van der Waals surface area contributed by atoms with Crippen LogP contribution in [0.25, 0.3) is 0 Å². The maximum atomic E-state index is 13.5. The number of allylic oxidation sites excluding steroid dienone is 11. The minimum Gasteiger partial charge on any atom is -0.456 e. The number of nitrogens with one attached hydrogen (secondary N) is 1. The summed E-state index contributed by atoms with van der Waals surface area (Å²) in [7, 11) is 1.47. The maximum absolute atomic E-state index is 13.5. The first kappa shape index (κ1) is 66.5. The van der Waals surface area contributed by atoms with Gasteiger partial charge < -0.3 is 19.4 Å². The van der Waals surface area contributed by atoms with Gasteiger partial charge >= 0.3 is 13.8 Å². The van der Waals surface area contributed by atoms with Crippen LogP contribution in [0.1, 0.15) is 239 Å². The van der Waals surface area contributed by atoms with Crippen molar-refractivity contribution in [2.24, 2.45) is 0 Å². The van der Waals surface area contributed by atoms with Gasteiger partial charge in [0.25, 0.3) is 0 Å². The number of carbonyl (C=O) groups is 2. The molecule has 10 heteroatoms. The van der Waals surface area contributed by atoms with Crippen LogP contribution in [0, 0.1) is 0 Å². The number of amides is 1. The summed E-state index contributed by atoms with van der Waals surface area (Å²) in [6, 6.07) is -0.858. The van der Waals surface area contributed by atoms with Crippen LogP contribution in [-0.2, 0) is 27.9 Å². The fourth-order valence-corrected chi connectivity index (χ4v) is 8.53. The van der Waals surface area contributed by atoms with E-state index in [0.29, 0.717) is 17.4 Å². The van der Waals surface area contributed by atoms with E-state index in [1.54, 1.807) is 0 Å². The Labute approximate surface area is 425 Å². The number of phosphoric acid groups is 1. The molecule has 69 heavy (non-hydrogen) atoms. The smallest absolute Gasteiger partial charge is 0.456 e. The van der Waals surface area contributed by atoms with Crippen LogP contribution >= 0.6 is 7.82 Å². The Morgan fingerprint density at radius 2 is 0.986 bits per heavy atom. The third kappa shape index (κ3) is 50.2. The number of phosphoric ester groups is 1. The molecule has 2 N–H and O–H groups in total. The van der Waals surface area contributed by atoms with Crippen molar-refractivity contribution in [3.8, 4) is 0 Å². The second kappa shape index (κ2) is 49.0. The van der Waals surface area contributed by atoms with Crippen molar-refractivity contribution in [1.29, 1.82) is 0 Å². The number of hydrogen-bond acceptors (Lipinski definition) is 6. The minimum absolute atomic E-state index is 0.0338. The summed E-state index contributed by atoms with van der Waals surface area (Å²) in [6.45, 7) is 6.83. The fraction of sp³-hybridized carbons (Fsp3) is 0.763. The van der Waals surface area contributed by atoms with E-state index in [4.69, 9.17) is 13.8 Å². The molecule has 0 aromatic heterocycles. The lowest BCUT2D eigenvalue weighted by Gasteiger charge is -2.27. The summed E-state index contributed by atoms with van der Waals surface area (Å²) in [5.41, 5.74) is 0. The van der Waals surface area contributed by atoms with E-state index in [1.807, 2.05) is 33.3 Å². The van der Waals surface area contributed by atoms with E-state index in [9.17, 15) is 19.0 Å². The van der Waals surface area contributed by atoms with Crippen molar-refractivity contribution in [3.63, 3.8) is 0 Å². The van der Waals surface area contributed by atoms with Gasteiger partial charge in [-0.3, -0.25) is 18.6 Å². The van der Waals surface area contributed by atoms with Gasteiger partial charge in [0.1, 0.15) is 19.3 Å². The largest absolute Gasteiger partial charge is 0.472 e. The van der Waals surface area contributed by atoms with Gasteiger partial charge in [-0.05, 0) is 83.1 Å². The van der Waals surface area contributed by atoms with E-state index in [-0.39, 0.29) is 31.5 Å². The number of quaternary nitrogens is 1. The van der Waals surface area contributed by atoms with E-state index >= 15 is 0 Å². The average molecular weight is 988 g/mol. The highest BCUT2D eigenvalue weighted by Crippen LogP contribution is 2.43. The first-order valence-corrected chi connectivity index (χ1v) is 29.8. The van der Waals surface area contributed by atoms with Crippen LogP contribution in [0.2, 0.25) is 0 Å². The zero-order chi connectivity index (χ0) is 50.8. The Morgan fingerprint density at radius 3 is 1.52 bits per heavy atom. The van der Waals surface area contributed by atoms with E-state index < -0.39 is 20.0 Å². The second-order valence-corrected chi connectivity index (χ2v) is 21.6. The molecule has 1 amide bonds. The number of rotatable bonds is 50. The fourth-order valence-electron chi connectivity index (χ4n) is 7.79. The summed E-state index contributed by atoms with van der Waals surface area (Å²) in [6.07, 6.45) is 61.7. The van der Waals surface area contributed by atoms with Gasteiger partial charge in [0.05, 0.1) is 33.8 Å². The lowest BCUT2D eigenvalue weighted by Crippen LogP contribution is -2.47. The molecule has 0 radical (unpaired) electrons. The third-order valence-corrected chi connectivity index (χ3v) is 13.2. The number of likely N-dealkylation sites (N-methyl/N-ethyl adjacent to an activating group) is 1. The zero-order valence-corrected chi connectivity index (χ0v) is 46.4. The Morgan fingerprint density at radius 1 is 0.536 bits per heavy atom. The number of hydrogen-bond donors (Lipinski definition) is 2. The van der Waals surface area contributed by atoms with Crippen molar-refractivity contribution in [2.75, 3.05) is 40.9 Å². The number of nitrogens with zero attached hydrogens (tertiary/aromatic N) is 1. The molecule has 0 aliphatic heterocycles.